The van der Waals surface area contributed by atoms with Gasteiger partial charge in [-0.3, -0.25) is 4.98 Å². The first-order valence-corrected chi connectivity index (χ1v) is 6.02. The standard InChI is InChI=1S/C14H16N6/c1-9-3-2-8-18-12(9)10-4-6-11(7-5-10)19-14(17)20-13(15)16/h2-8H,1H3,(H6,15,16,17,19,20). The van der Waals surface area contributed by atoms with Gasteiger partial charge < -0.3 is 17.2 Å². The first-order chi connectivity index (χ1) is 9.56. The summed E-state index contributed by atoms with van der Waals surface area (Å²) >= 11 is 0. The number of aromatic nitrogens is 1. The van der Waals surface area contributed by atoms with Crippen molar-refractivity contribution in [2.45, 2.75) is 6.92 Å². The lowest BCUT2D eigenvalue weighted by Gasteiger charge is -2.04. The fourth-order valence-corrected chi connectivity index (χ4v) is 1.77. The molecule has 0 aliphatic carbocycles. The minimum Gasteiger partial charge on any atom is -0.370 e. The van der Waals surface area contributed by atoms with Crippen LogP contribution in [-0.2, 0) is 0 Å². The Kier molecular flexibility index (Phi) is 3.95. The summed E-state index contributed by atoms with van der Waals surface area (Å²) in [6, 6.07) is 11.4. The van der Waals surface area contributed by atoms with Crippen molar-refractivity contribution in [1.29, 1.82) is 0 Å². The topological polar surface area (TPSA) is 116 Å². The van der Waals surface area contributed by atoms with E-state index in [-0.39, 0.29) is 11.9 Å². The van der Waals surface area contributed by atoms with Crippen LogP contribution >= 0.6 is 0 Å². The molecule has 1 aromatic carbocycles. The van der Waals surface area contributed by atoms with Crippen LogP contribution in [0.4, 0.5) is 5.69 Å². The number of benzene rings is 1. The second-order valence-corrected chi connectivity index (χ2v) is 4.22. The number of hydrogen-bond acceptors (Lipinski definition) is 2. The van der Waals surface area contributed by atoms with Crippen molar-refractivity contribution < 1.29 is 0 Å². The van der Waals surface area contributed by atoms with E-state index in [1.54, 1.807) is 6.20 Å². The van der Waals surface area contributed by atoms with Crippen molar-refractivity contribution in [2.75, 3.05) is 0 Å². The highest BCUT2D eigenvalue weighted by Crippen LogP contribution is 2.23. The number of hydrogen-bond donors (Lipinski definition) is 3. The lowest BCUT2D eigenvalue weighted by molar-refractivity contribution is 1.27. The van der Waals surface area contributed by atoms with Gasteiger partial charge in [0, 0.05) is 11.8 Å². The van der Waals surface area contributed by atoms with Crippen molar-refractivity contribution in [3.05, 3.63) is 48.2 Å². The quantitative estimate of drug-likeness (QED) is 0.562. The van der Waals surface area contributed by atoms with E-state index in [0.717, 1.165) is 16.8 Å². The Morgan fingerprint density at radius 1 is 1.05 bits per heavy atom. The maximum Gasteiger partial charge on any atom is 0.223 e. The minimum absolute atomic E-state index is 0.0202. The highest BCUT2D eigenvalue weighted by Gasteiger charge is 2.02. The summed E-state index contributed by atoms with van der Waals surface area (Å²) in [7, 11) is 0. The van der Waals surface area contributed by atoms with Gasteiger partial charge in [0.25, 0.3) is 0 Å². The fourth-order valence-electron chi connectivity index (χ4n) is 1.77. The van der Waals surface area contributed by atoms with E-state index in [2.05, 4.69) is 15.0 Å². The Balaban J connectivity index is 2.28. The molecule has 20 heavy (non-hydrogen) atoms. The van der Waals surface area contributed by atoms with Crippen LogP contribution in [0.25, 0.3) is 11.3 Å². The zero-order valence-electron chi connectivity index (χ0n) is 11.1. The number of nitrogens with two attached hydrogens (primary N) is 3. The molecule has 0 aliphatic heterocycles. The molecular formula is C14H16N6. The predicted molar refractivity (Wildman–Crippen MR) is 81.5 cm³/mol. The molecule has 6 heteroatoms. The van der Waals surface area contributed by atoms with Gasteiger partial charge in [0.1, 0.15) is 0 Å². The van der Waals surface area contributed by atoms with Crippen LogP contribution in [-0.4, -0.2) is 16.9 Å². The minimum atomic E-state index is -0.119. The first-order valence-electron chi connectivity index (χ1n) is 6.02. The third-order valence-electron chi connectivity index (χ3n) is 2.64. The summed E-state index contributed by atoms with van der Waals surface area (Å²) in [5.74, 6) is -0.0984. The van der Waals surface area contributed by atoms with Gasteiger partial charge in [0.05, 0.1) is 11.4 Å². The van der Waals surface area contributed by atoms with Crippen molar-refractivity contribution in [3.63, 3.8) is 0 Å². The number of aliphatic imine (C=N–C) groups is 2. The summed E-state index contributed by atoms with van der Waals surface area (Å²) in [6.45, 7) is 2.02. The van der Waals surface area contributed by atoms with Crippen molar-refractivity contribution >= 4 is 17.6 Å². The van der Waals surface area contributed by atoms with Gasteiger partial charge in [0.15, 0.2) is 5.96 Å². The second-order valence-electron chi connectivity index (χ2n) is 4.22. The van der Waals surface area contributed by atoms with Gasteiger partial charge in [-0.15, -0.1) is 0 Å². The highest BCUT2D eigenvalue weighted by atomic mass is 15.1. The molecule has 102 valence electrons. The molecule has 0 saturated carbocycles. The predicted octanol–water partition coefficient (Wildman–Crippen LogP) is 1.28. The molecule has 2 aromatic rings. The zero-order chi connectivity index (χ0) is 14.5. The maximum absolute atomic E-state index is 5.57. The smallest absolute Gasteiger partial charge is 0.223 e. The van der Waals surface area contributed by atoms with Gasteiger partial charge in [-0.1, -0.05) is 18.2 Å². The average Bonchev–Trinajstić information content (AvgIpc) is 2.39. The van der Waals surface area contributed by atoms with E-state index in [1.807, 2.05) is 43.3 Å². The van der Waals surface area contributed by atoms with Crippen LogP contribution in [0, 0.1) is 6.92 Å². The Morgan fingerprint density at radius 2 is 1.75 bits per heavy atom. The highest BCUT2D eigenvalue weighted by molar-refractivity contribution is 5.93. The van der Waals surface area contributed by atoms with E-state index in [0.29, 0.717) is 5.69 Å². The number of aryl methyl sites for hydroxylation is 1. The van der Waals surface area contributed by atoms with Crippen molar-refractivity contribution in [2.24, 2.45) is 27.2 Å². The lowest BCUT2D eigenvalue weighted by Crippen LogP contribution is -2.26. The molecule has 0 atom stereocenters. The van der Waals surface area contributed by atoms with Gasteiger partial charge in [-0.2, -0.15) is 4.99 Å². The summed E-state index contributed by atoms with van der Waals surface area (Å²) in [6.07, 6.45) is 1.77. The van der Waals surface area contributed by atoms with Crippen LogP contribution in [0.5, 0.6) is 0 Å². The third kappa shape index (κ3) is 3.32. The number of guanidine groups is 2. The van der Waals surface area contributed by atoms with E-state index in [9.17, 15) is 0 Å². The molecule has 0 aliphatic rings. The molecule has 0 radical (unpaired) electrons. The van der Waals surface area contributed by atoms with Gasteiger partial charge in [-0.05, 0) is 30.7 Å². The van der Waals surface area contributed by atoms with Crippen LogP contribution in [0.1, 0.15) is 5.56 Å². The molecule has 6 N–H and O–H groups in total. The molecular weight excluding hydrogens is 252 g/mol. The molecule has 0 amide bonds. The van der Waals surface area contributed by atoms with Crippen LogP contribution in [0.15, 0.2) is 52.6 Å². The van der Waals surface area contributed by atoms with Gasteiger partial charge >= 0.3 is 0 Å². The van der Waals surface area contributed by atoms with E-state index in [4.69, 9.17) is 17.2 Å². The normalized spacial score (nSPS) is 11.2. The number of rotatable bonds is 2. The van der Waals surface area contributed by atoms with Crippen LogP contribution < -0.4 is 17.2 Å². The third-order valence-corrected chi connectivity index (χ3v) is 2.64. The first kappa shape index (κ1) is 13.5. The molecule has 0 spiro atoms. The molecule has 1 heterocycles. The molecule has 0 saturated heterocycles. The molecule has 0 fully saturated rings. The van der Waals surface area contributed by atoms with Crippen LogP contribution in [0.3, 0.4) is 0 Å². The molecule has 6 nitrogen and oxygen atoms in total. The van der Waals surface area contributed by atoms with E-state index in [1.165, 1.54) is 0 Å². The molecule has 0 unspecified atom stereocenters. The number of pyridine rings is 1. The van der Waals surface area contributed by atoms with E-state index < -0.39 is 0 Å². The Hall–Kier alpha value is -2.89. The Morgan fingerprint density at radius 3 is 2.35 bits per heavy atom. The summed E-state index contributed by atoms with van der Waals surface area (Å²) in [5, 5.41) is 0. The summed E-state index contributed by atoms with van der Waals surface area (Å²) < 4.78 is 0. The average molecular weight is 268 g/mol. The summed E-state index contributed by atoms with van der Waals surface area (Å²) in [4.78, 5) is 12.1. The zero-order valence-corrected chi connectivity index (χ0v) is 11.1. The van der Waals surface area contributed by atoms with Crippen molar-refractivity contribution in [1.82, 2.24) is 4.98 Å². The second kappa shape index (κ2) is 5.83. The maximum atomic E-state index is 5.57. The van der Waals surface area contributed by atoms with Crippen molar-refractivity contribution in [3.8, 4) is 11.3 Å². The van der Waals surface area contributed by atoms with Crippen LogP contribution in [0.2, 0.25) is 0 Å². The SMILES string of the molecule is Cc1cccnc1-c1ccc(N=C(N)N=C(N)N)cc1. The summed E-state index contributed by atoms with van der Waals surface area (Å²) in [5.41, 5.74) is 19.8. The molecule has 0 bridgehead atoms. The largest absolute Gasteiger partial charge is 0.370 e. The monoisotopic (exact) mass is 268 g/mol. The fraction of sp³-hybridized carbons (Fsp3) is 0.0714. The molecule has 1 aromatic heterocycles. The van der Waals surface area contributed by atoms with Gasteiger partial charge in [0.2, 0.25) is 5.96 Å². The Labute approximate surface area is 117 Å². The Bertz CT molecular complexity index is 654. The van der Waals surface area contributed by atoms with Gasteiger partial charge in [-0.25, -0.2) is 4.99 Å². The molecule has 2 rings (SSSR count). The lowest BCUT2D eigenvalue weighted by atomic mass is 10.1. The van der Waals surface area contributed by atoms with E-state index >= 15 is 0 Å². The number of nitrogens with zero attached hydrogens (tertiary/aromatic N) is 3.